The van der Waals surface area contributed by atoms with E-state index in [1.807, 2.05) is 36.5 Å². The van der Waals surface area contributed by atoms with E-state index in [0.717, 1.165) is 34.0 Å². The molecule has 3 aromatic rings. The van der Waals surface area contributed by atoms with Crippen LogP contribution in [-0.4, -0.2) is 21.5 Å². The third-order valence-corrected chi connectivity index (χ3v) is 4.05. The molecule has 0 bridgehead atoms. The lowest BCUT2D eigenvalue weighted by atomic mass is 10.2. The van der Waals surface area contributed by atoms with E-state index in [-0.39, 0.29) is 0 Å². The highest BCUT2D eigenvalue weighted by atomic mass is 32.2. The summed E-state index contributed by atoms with van der Waals surface area (Å²) < 4.78 is 0. The van der Waals surface area contributed by atoms with Crippen LogP contribution in [0.5, 0.6) is 0 Å². The van der Waals surface area contributed by atoms with Gasteiger partial charge in [-0.25, -0.2) is 15.0 Å². The van der Waals surface area contributed by atoms with E-state index < -0.39 is 0 Å². The summed E-state index contributed by atoms with van der Waals surface area (Å²) >= 11 is 1.57. The van der Waals surface area contributed by atoms with E-state index in [2.05, 4.69) is 33.3 Å². The van der Waals surface area contributed by atoms with Crippen molar-refractivity contribution >= 4 is 22.7 Å². The predicted molar refractivity (Wildman–Crippen MR) is 85.3 cm³/mol. The van der Waals surface area contributed by atoms with Crippen LogP contribution < -0.4 is 5.32 Å². The third kappa shape index (κ3) is 3.37. The van der Waals surface area contributed by atoms with Gasteiger partial charge in [-0.1, -0.05) is 31.2 Å². The van der Waals surface area contributed by atoms with Crippen molar-refractivity contribution in [3.8, 4) is 0 Å². The minimum absolute atomic E-state index is 0.852. The monoisotopic (exact) mass is 296 g/mol. The zero-order valence-electron chi connectivity index (χ0n) is 11.8. The molecule has 3 rings (SSSR count). The number of nitrogens with one attached hydrogen (secondary N) is 1. The van der Waals surface area contributed by atoms with E-state index in [4.69, 9.17) is 0 Å². The van der Waals surface area contributed by atoms with Crippen LogP contribution in [0.1, 0.15) is 12.5 Å². The maximum absolute atomic E-state index is 4.50. The normalized spacial score (nSPS) is 10.9. The minimum atomic E-state index is 0.852. The average molecular weight is 296 g/mol. The number of para-hydroxylation sites is 1. The van der Waals surface area contributed by atoms with Gasteiger partial charge in [-0.15, -0.1) is 0 Å². The second kappa shape index (κ2) is 6.65. The Bertz CT molecular complexity index is 722. The number of fused-ring (bicyclic) bond motifs is 1. The smallest absolute Gasteiger partial charge is 0.117 e. The van der Waals surface area contributed by atoms with Gasteiger partial charge in [0.15, 0.2) is 0 Å². The first-order valence-corrected chi connectivity index (χ1v) is 7.71. The molecular formula is C16H16N4S. The van der Waals surface area contributed by atoms with Crippen LogP contribution in [0.4, 0.5) is 0 Å². The van der Waals surface area contributed by atoms with E-state index >= 15 is 0 Å². The van der Waals surface area contributed by atoms with Gasteiger partial charge in [0, 0.05) is 18.1 Å². The van der Waals surface area contributed by atoms with Gasteiger partial charge >= 0.3 is 0 Å². The molecule has 0 radical (unpaired) electrons. The molecule has 0 amide bonds. The number of benzene rings is 1. The maximum atomic E-state index is 4.50. The molecule has 0 spiro atoms. The molecule has 4 nitrogen and oxygen atoms in total. The van der Waals surface area contributed by atoms with Crippen molar-refractivity contribution in [2.45, 2.75) is 23.5 Å². The fraction of sp³-hybridized carbons (Fsp3) is 0.188. The predicted octanol–water partition coefficient (Wildman–Crippen LogP) is 3.29. The summed E-state index contributed by atoms with van der Waals surface area (Å²) in [4.78, 5) is 13.1. The Kier molecular flexibility index (Phi) is 4.43. The Morgan fingerprint density at radius 3 is 2.76 bits per heavy atom. The molecule has 21 heavy (non-hydrogen) atoms. The highest BCUT2D eigenvalue weighted by Gasteiger charge is 2.06. The zero-order valence-corrected chi connectivity index (χ0v) is 12.6. The van der Waals surface area contributed by atoms with E-state index in [1.165, 1.54) is 5.56 Å². The molecule has 0 saturated heterocycles. The van der Waals surface area contributed by atoms with Gasteiger partial charge in [0.2, 0.25) is 0 Å². The van der Waals surface area contributed by atoms with Crippen molar-refractivity contribution in [3.63, 3.8) is 0 Å². The van der Waals surface area contributed by atoms with Gasteiger partial charge in [-0.3, -0.25) is 0 Å². The molecule has 2 heterocycles. The molecule has 2 aromatic heterocycles. The Hall–Kier alpha value is -1.98. The number of hydrogen-bond acceptors (Lipinski definition) is 5. The zero-order chi connectivity index (χ0) is 14.5. The first-order chi connectivity index (χ1) is 10.4. The van der Waals surface area contributed by atoms with Crippen LogP contribution in [0.15, 0.2) is 59.0 Å². The van der Waals surface area contributed by atoms with Crippen LogP contribution >= 0.6 is 11.8 Å². The maximum Gasteiger partial charge on any atom is 0.117 e. The molecule has 0 aliphatic carbocycles. The SMILES string of the molecule is CCNCc1ccc(Sc2ncnc3ccccc23)nc1. The number of rotatable bonds is 5. The highest BCUT2D eigenvalue weighted by molar-refractivity contribution is 7.99. The minimum Gasteiger partial charge on any atom is -0.313 e. The third-order valence-electron chi connectivity index (χ3n) is 3.08. The lowest BCUT2D eigenvalue weighted by Gasteiger charge is -2.05. The van der Waals surface area contributed by atoms with E-state index in [1.54, 1.807) is 18.1 Å². The van der Waals surface area contributed by atoms with Gasteiger partial charge in [-0.05, 0) is 36.0 Å². The number of nitrogens with zero attached hydrogens (tertiary/aromatic N) is 3. The van der Waals surface area contributed by atoms with Crippen LogP contribution in [-0.2, 0) is 6.54 Å². The molecule has 5 heteroatoms. The summed E-state index contributed by atoms with van der Waals surface area (Å²) in [5, 5.41) is 6.23. The molecular weight excluding hydrogens is 280 g/mol. The fourth-order valence-corrected chi connectivity index (χ4v) is 2.83. The standard InChI is InChI=1S/C16H16N4S/c1-2-17-9-12-7-8-15(18-10-12)21-16-13-5-3-4-6-14(13)19-11-20-16/h3-8,10-11,17H,2,9H2,1H3. The van der Waals surface area contributed by atoms with Crippen LogP contribution in [0, 0.1) is 0 Å². The van der Waals surface area contributed by atoms with Gasteiger partial charge in [0.05, 0.1) is 5.52 Å². The topological polar surface area (TPSA) is 50.7 Å². The first-order valence-electron chi connectivity index (χ1n) is 6.90. The Morgan fingerprint density at radius 2 is 1.95 bits per heavy atom. The molecule has 1 N–H and O–H groups in total. The van der Waals surface area contributed by atoms with Crippen molar-refractivity contribution in [1.29, 1.82) is 0 Å². The van der Waals surface area contributed by atoms with E-state index in [9.17, 15) is 0 Å². The molecule has 0 unspecified atom stereocenters. The Morgan fingerprint density at radius 1 is 1.05 bits per heavy atom. The highest BCUT2D eigenvalue weighted by Crippen LogP contribution is 2.29. The van der Waals surface area contributed by atoms with Crippen molar-refractivity contribution in [2.24, 2.45) is 0 Å². The molecule has 0 aliphatic heterocycles. The molecule has 0 saturated carbocycles. The quantitative estimate of drug-likeness (QED) is 0.732. The lowest BCUT2D eigenvalue weighted by Crippen LogP contribution is -2.11. The molecule has 0 fully saturated rings. The van der Waals surface area contributed by atoms with Gasteiger partial charge in [0.1, 0.15) is 16.4 Å². The number of pyridine rings is 1. The summed E-state index contributed by atoms with van der Waals surface area (Å²) in [5.41, 5.74) is 2.15. The molecule has 106 valence electrons. The molecule has 0 atom stereocenters. The van der Waals surface area contributed by atoms with Gasteiger partial charge in [-0.2, -0.15) is 0 Å². The Labute approximate surface area is 128 Å². The number of hydrogen-bond donors (Lipinski definition) is 1. The van der Waals surface area contributed by atoms with Crippen LogP contribution in [0.2, 0.25) is 0 Å². The molecule has 0 aliphatic rings. The summed E-state index contributed by atoms with van der Waals surface area (Å²) in [6, 6.07) is 12.2. The van der Waals surface area contributed by atoms with Crippen molar-refractivity contribution in [2.75, 3.05) is 6.54 Å². The Balaban J connectivity index is 1.82. The fourth-order valence-electron chi connectivity index (χ4n) is 2.01. The molecule has 1 aromatic carbocycles. The largest absolute Gasteiger partial charge is 0.313 e. The summed E-state index contributed by atoms with van der Waals surface area (Å²) in [6.45, 7) is 3.91. The first kappa shape index (κ1) is 14.0. The van der Waals surface area contributed by atoms with E-state index in [0.29, 0.717) is 0 Å². The van der Waals surface area contributed by atoms with Crippen LogP contribution in [0.3, 0.4) is 0 Å². The van der Waals surface area contributed by atoms with Crippen molar-refractivity contribution in [3.05, 3.63) is 54.5 Å². The van der Waals surface area contributed by atoms with Gasteiger partial charge < -0.3 is 5.32 Å². The summed E-state index contributed by atoms with van der Waals surface area (Å²) in [5.74, 6) is 0. The van der Waals surface area contributed by atoms with Crippen LogP contribution in [0.25, 0.3) is 10.9 Å². The summed E-state index contributed by atoms with van der Waals surface area (Å²) in [6.07, 6.45) is 3.51. The number of aromatic nitrogens is 3. The second-order valence-electron chi connectivity index (χ2n) is 4.58. The van der Waals surface area contributed by atoms with Crippen molar-refractivity contribution < 1.29 is 0 Å². The summed E-state index contributed by atoms with van der Waals surface area (Å²) in [7, 11) is 0. The van der Waals surface area contributed by atoms with Crippen molar-refractivity contribution in [1.82, 2.24) is 20.3 Å². The van der Waals surface area contributed by atoms with Gasteiger partial charge in [0.25, 0.3) is 0 Å². The lowest BCUT2D eigenvalue weighted by molar-refractivity contribution is 0.723. The average Bonchev–Trinajstić information content (AvgIpc) is 2.55. The second-order valence-corrected chi connectivity index (χ2v) is 5.59.